The van der Waals surface area contributed by atoms with E-state index in [1.807, 2.05) is 13.0 Å². The molecule has 0 atom stereocenters. The first-order chi connectivity index (χ1) is 9.77. The summed E-state index contributed by atoms with van der Waals surface area (Å²) in [6, 6.07) is 10.6. The van der Waals surface area contributed by atoms with E-state index in [0.29, 0.717) is 5.56 Å². The molecule has 110 valence electrons. The molecule has 0 aliphatic carbocycles. The topological polar surface area (TPSA) is 29.1 Å². The van der Waals surface area contributed by atoms with Crippen molar-refractivity contribution in [3.63, 3.8) is 0 Å². The lowest BCUT2D eigenvalue weighted by molar-refractivity contribution is -0.138. The van der Waals surface area contributed by atoms with Gasteiger partial charge in [-0.2, -0.15) is 13.2 Å². The fraction of sp³-hybridized carbons (Fsp3) is 0.188. The Morgan fingerprint density at radius 2 is 1.76 bits per heavy atom. The first-order valence-electron chi connectivity index (χ1n) is 6.33. The van der Waals surface area contributed by atoms with Gasteiger partial charge in [0.05, 0.1) is 5.56 Å². The van der Waals surface area contributed by atoms with Crippen LogP contribution in [-0.2, 0) is 6.18 Å². The summed E-state index contributed by atoms with van der Waals surface area (Å²) in [4.78, 5) is 12.0. The molecule has 0 aliphatic heterocycles. The zero-order chi connectivity index (χ0) is 15.6. The summed E-state index contributed by atoms with van der Waals surface area (Å²) in [5.41, 5.74) is 0.812. The van der Waals surface area contributed by atoms with E-state index in [0.717, 1.165) is 11.6 Å². The molecule has 0 radical (unpaired) electrons. The van der Waals surface area contributed by atoms with Crippen LogP contribution in [-0.4, -0.2) is 5.91 Å². The average Bonchev–Trinajstić information content (AvgIpc) is 2.39. The summed E-state index contributed by atoms with van der Waals surface area (Å²) in [6.07, 6.45) is -4.44. The highest BCUT2D eigenvalue weighted by molar-refractivity contribution is 6.04. The molecule has 2 aromatic carbocycles. The van der Waals surface area contributed by atoms with Gasteiger partial charge in [-0.05, 0) is 43.7 Å². The van der Waals surface area contributed by atoms with Gasteiger partial charge in [0, 0.05) is 11.3 Å². The zero-order valence-corrected chi connectivity index (χ0v) is 11.6. The second-order valence-electron chi connectivity index (χ2n) is 4.85. The van der Waals surface area contributed by atoms with E-state index in [1.165, 1.54) is 19.1 Å². The minimum Gasteiger partial charge on any atom is -0.322 e. The van der Waals surface area contributed by atoms with Crippen LogP contribution in [0, 0.1) is 13.8 Å². The van der Waals surface area contributed by atoms with Crippen LogP contribution in [0.25, 0.3) is 0 Å². The van der Waals surface area contributed by atoms with Gasteiger partial charge in [-0.15, -0.1) is 0 Å². The van der Waals surface area contributed by atoms with Crippen molar-refractivity contribution in [2.45, 2.75) is 20.0 Å². The van der Waals surface area contributed by atoms with Crippen LogP contribution in [0.2, 0.25) is 0 Å². The monoisotopic (exact) mass is 293 g/mol. The second kappa shape index (κ2) is 5.60. The first-order valence-corrected chi connectivity index (χ1v) is 6.33. The zero-order valence-electron chi connectivity index (χ0n) is 11.6. The average molecular weight is 293 g/mol. The number of carbonyl (C=O) groups is 1. The fourth-order valence-electron chi connectivity index (χ4n) is 1.99. The highest BCUT2D eigenvalue weighted by Gasteiger charge is 2.32. The first kappa shape index (κ1) is 15.1. The molecule has 21 heavy (non-hydrogen) atoms. The van der Waals surface area contributed by atoms with Crippen LogP contribution in [0.15, 0.2) is 42.5 Å². The standard InChI is InChI=1S/C16H14F3NO/c1-10-4-3-5-12(8-10)15(21)20-13-7-6-11(2)14(9-13)16(17,18)19/h3-9H,1-2H3,(H,20,21). The quantitative estimate of drug-likeness (QED) is 0.863. The van der Waals surface area contributed by atoms with E-state index >= 15 is 0 Å². The van der Waals surface area contributed by atoms with Gasteiger partial charge in [-0.3, -0.25) is 4.79 Å². The number of hydrogen-bond donors (Lipinski definition) is 1. The van der Waals surface area contributed by atoms with E-state index in [9.17, 15) is 18.0 Å². The summed E-state index contributed by atoms with van der Waals surface area (Å²) in [5, 5.41) is 2.49. The van der Waals surface area contributed by atoms with Crippen molar-refractivity contribution in [3.05, 3.63) is 64.7 Å². The normalized spacial score (nSPS) is 11.3. The van der Waals surface area contributed by atoms with Crippen molar-refractivity contribution >= 4 is 11.6 Å². The molecule has 0 spiro atoms. The molecule has 2 rings (SSSR count). The van der Waals surface area contributed by atoms with Crippen LogP contribution in [0.4, 0.5) is 18.9 Å². The maximum atomic E-state index is 12.8. The van der Waals surface area contributed by atoms with E-state index < -0.39 is 17.6 Å². The molecule has 1 N–H and O–H groups in total. The van der Waals surface area contributed by atoms with E-state index in [2.05, 4.69) is 5.32 Å². The molecule has 0 bridgehead atoms. The van der Waals surface area contributed by atoms with Crippen LogP contribution in [0.3, 0.4) is 0 Å². The summed E-state index contributed by atoms with van der Waals surface area (Å²) in [7, 11) is 0. The van der Waals surface area contributed by atoms with Crippen LogP contribution >= 0.6 is 0 Å². The number of nitrogens with one attached hydrogen (secondary N) is 1. The lowest BCUT2D eigenvalue weighted by Gasteiger charge is -2.13. The maximum Gasteiger partial charge on any atom is 0.416 e. The minimum atomic E-state index is -4.44. The molecule has 5 heteroatoms. The van der Waals surface area contributed by atoms with Gasteiger partial charge in [0.2, 0.25) is 0 Å². The summed E-state index contributed by atoms with van der Waals surface area (Å²) < 4.78 is 38.5. The van der Waals surface area contributed by atoms with E-state index in [-0.39, 0.29) is 11.3 Å². The number of halogens is 3. The predicted octanol–water partition coefficient (Wildman–Crippen LogP) is 4.57. The predicted molar refractivity (Wildman–Crippen MR) is 75.3 cm³/mol. The largest absolute Gasteiger partial charge is 0.416 e. The fourth-order valence-corrected chi connectivity index (χ4v) is 1.99. The van der Waals surface area contributed by atoms with E-state index in [4.69, 9.17) is 0 Å². The highest BCUT2D eigenvalue weighted by Crippen LogP contribution is 2.33. The van der Waals surface area contributed by atoms with Crippen molar-refractivity contribution in [2.75, 3.05) is 5.32 Å². The lowest BCUT2D eigenvalue weighted by atomic mass is 10.1. The number of carbonyl (C=O) groups excluding carboxylic acids is 1. The molecule has 2 nitrogen and oxygen atoms in total. The Bertz CT molecular complexity index is 677. The summed E-state index contributed by atoms with van der Waals surface area (Å²) in [6.45, 7) is 3.22. The Hall–Kier alpha value is -2.30. The van der Waals surface area contributed by atoms with Crippen molar-refractivity contribution in [1.82, 2.24) is 0 Å². The van der Waals surface area contributed by atoms with E-state index in [1.54, 1.807) is 18.2 Å². The van der Waals surface area contributed by atoms with Crippen molar-refractivity contribution in [2.24, 2.45) is 0 Å². The second-order valence-corrected chi connectivity index (χ2v) is 4.85. The maximum absolute atomic E-state index is 12.8. The van der Waals surface area contributed by atoms with Crippen molar-refractivity contribution in [1.29, 1.82) is 0 Å². The Kier molecular flexibility index (Phi) is 4.02. The Morgan fingerprint density at radius 3 is 2.38 bits per heavy atom. The molecule has 0 saturated carbocycles. The van der Waals surface area contributed by atoms with Gasteiger partial charge in [0.1, 0.15) is 0 Å². The van der Waals surface area contributed by atoms with Gasteiger partial charge in [0.15, 0.2) is 0 Å². The Balaban J connectivity index is 2.26. The molecular weight excluding hydrogens is 279 g/mol. The molecule has 1 amide bonds. The molecule has 0 heterocycles. The number of anilines is 1. The van der Waals surface area contributed by atoms with Crippen LogP contribution < -0.4 is 5.32 Å². The number of rotatable bonds is 2. The number of hydrogen-bond acceptors (Lipinski definition) is 1. The molecule has 0 saturated heterocycles. The van der Waals surface area contributed by atoms with Gasteiger partial charge in [0.25, 0.3) is 5.91 Å². The smallest absolute Gasteiger partial charge is 0.322 e. The number of benzene rings is 2. The number of aryl methyl sites for hydroxylation is 2. The molecule has 0 aromatic heterocycles. The number of amides is 1. The SMILES string of the molecule is Cc1cccc(C(=O)Nc2ccc(C)c(C(F)(F)F)c2)c1. The third-order valence-corrected chi connectivity index (χ3v) is 3.08. The van der Waals surface area contributed by atoms with Gasteiger partial charge < -0.3 is 5.32 Å². The summed E-state index contributed by atoms with van der Waals surface area (Å²) >= 11 is 0. The Labute approximate surface area is 120 Å². The molecule has 2 aromatic rings. The molecule has 0 fully saturated rings. The van der Waals surface area contributed by atoms with Gasteiger partial charge in [-0.25, -0.2) is 0 Å². The third-order valence-electron chi connectivity index (χ3n) is 3.08. The van der Waals surface area contributed by atoms with Crippen LogP contribution in [0.1, 0.15) is 27.0 Å². The molecule has 0 unspecified atom stereocenters. The summed E-state index contributed by atoms with van der Waals surface area (Å²) in [5.74, 6) is -0.435. The minimum absolute atomic E-state index is 0.121. The highest BCUT2D eigenvalue weighted by atomic mass is 19.4. The third kappa shape index (κ3) is 3.62. The van der Waals surface area contributed by atoms with Gasteiger partial charge >= 0.3 is 6.18 Å². The lowest BCUT2D eigenvalue weighted by Crippen LogP contribution is -2.14. The van der Waals surface area contributed by atoms with Gasteiger partial charge in [-0.1, -0.05) is 23.8 Å². The molecule has 0 aliphatic rings. The number of alkyl halides is 3. The van der Waals surface area contributed by atoms with Crippen molar-refractivity contribution < 1.29 is 18.0 Å². The van der Waals surface area contributed by atoms with Crippen molar-refractivity contribution in [3.8, 4) is 0 Å². The Morgan fingerprint density at radius 1 is 1.05 bits per heavy atom. The van der Waals surface area contributed by atoms with Crippen LogP contribution in [0.5, 0.6) is 0 Å². The molecular formula is C16H14F3NO.